The van der Waals surface area contributed by atoms with Crippen LogP contribution in [0, 0.1) is 0 Å². The van der Waals surface area contributed by atoms with Gasteiger partial charge in [0.2, 0.25) is 0 Å². The first-order chi connectivity index (χ1) is 6.70. The normalized spacial score (nSPS) is 12.8. The number of benzene rings is 1. The maximum absolute atomic E-state index is 9.82. The maximum atomic E-state index is 9.82. The number of phenols is 1. The van der Waals surface area contributed by atoms with Crippen molar-refractivity contribution in [2.75, 3.05) is 6.61 Å². The number of hydrogen-bond acceptors (Lipinski definition) is 3. The average molecular weight is 195 g/mol. The minimum absolute atomic E-state index is 0.0387. The summed E-state index contributed by atoms with van der Waals surface area (Å²) < 4.78 is 0. The molecule has 1 aromatic rings. The third-order valence-electron chi connectivity index (χ3n) is 2.37. The van der Waals surface area contributed by atoms with Gasteiger partial charge in [-0.15, -0.1) is 0 Å². The van der Waals surface area contributed by atoms with Crippen molar-refractivity contribution in [1.82, 2.24) is 0 Å². The van der Waals surface area contributed by atoms with E-state index in [1.165, 1.54) is 0 Å². The van der Waals surface area contributed by atoms with E-state index in [-0.39, 0.29) is 18.4 Å². The molecule has 0 fully saturated rings. The summed E-state index contributed by atoms with van der Waals surface area (Å²) in [5.41, 5.74) is 7.43. The minimum atomic E-state index is -0.286. The molecule has 0 aliphatic heterocycles. The van der Waals surface area contributed by atoms with Crippen LogP contribution in [0.3, 0.4) is 0 Å². The van der Waals surface area contributed by atoms with E-state index < -0.39 is 0 Å². The quantitative estimate of drug-likeness (QED) is 0.679. The van der Waals surface area contributed by atoms with Gasteiger partial charge < -0.3 is 15.9 Å². The molecule has 0 spiro atoms. The molecule has 14 heavy (non-hydrogen) atoms. The molecule has 0 saturated carbocycles. The molecular formula is C11H17NO2. The number of aliphatic hydroxyl groups is 1. The van der Waals surface area contributed by atoms with Gasteiger partial charge in [0.1, 0.15) is 5.75 Å². The van der Waals surface area contributed by atoms with E-state index in [0.29, 0.717) is 6.42 Å². The van der Waals surface area contributed by atoms with Gasteiger partial charge in [-0.05, 0) is 18.4 Å². The molecule has 78 valence electrons. The average Bonchev–Trinajstić information content (AvgIpc) is 2.18. The van der Waals surface area contributed by atoms with Gasteiger partial charge in [0, 0.05) is 18.2 Å². The van der Waals surface area contributed by atoms with Gasteiger partial charge in [0.15, 0.2) is 0 Å². The number of aliphatic hydroxyl groups excluding tert-OH is 1. The van der Waals surface area contributed by atoms with E-state index >= 15 is 0 Å². The van der Waals surface area contributed by atoms with Crippen LogP contribution < -0.4 is 5.73 Å². The number of para-hydroxylation sites is 1. The predicted octanol–water partition coefficient (Wildman–Crippen LogP) is 1.34. The molecule has 0 radical (unpaired) electrons. The predicted molar refractivity (Wildman–Crippen MR) is 56.1 cm³/mol. The van der Waals surface area contributed by atoms with Crippen LogP contribution >= 0.6 is 0 Å². The van der Waals surface area contributed by atoms with Crippen LogP contribution in [-0.4, -0.2) is 16.8 Å². The van der Waals surface area contributed by atoms with Gasteiger partial charge >= 0.3 is 0 Å². The molecule has 0 aliphatic rings. The molecule has 1 atom stereocenters. The molecule has 0 heterocycles. The van der Waals surface area contributed by atoms with Crippen LogP contribution in [0.1, 0.15) is 30.5 Å². The standard InChI is InChI=1S/C11H17NO2/c1-2-8-4-3-5-9(11(8)14)10(12)6-7-13/h3-5,10,13-14H,2,6-7,12H2,1H3/t10-/m1/s1. The molecular weight excluding hydrogens is 178 g/mol. The van der Waals surface area contributed by atoms with Crippen LogP contribution in [0.4, 0.5) is 0 Å². The number of aryl methyl sites for hydroxylation is 1. The fourth-order valence-corrected chi connectivity index (χ4v) is 1.49. The van der Waals surface area contributed by atoms with Gasteiger partial charge in [-0.3, -0.25) is 0 Å². The van der Waals surface area contributed by atoms with Crippen LogP contribution in [0.25, 0.3) is 0 Å². The van der Waals surface area contributed by atoms with Gasteiger partial charge in [0.25, 0.3) is 0 Å². The summed E-state index contributed by atoms with van der Waals surface area (Å²) in [4.78, 5) is 0. The van der Waals surface area contributed by atoms with Crippen molar-refractivity contribution in [2.24, 2.45) is 5.73 Å². The Hall–Kier alpha value is -1.06. The van der Waals surface area contributed by atoms with Crippen molar-refractivity contribution in [1.29, 1.82) is 0 Å². The summed E-state index contributed by atoms with van der Waals surface area (Å²) in [5, 5.41) is 18.6. The Labute approximate surface area is 84.2 Å². The Morgan fingerprint density at radius 1 is 1.43 bits per heavy atom. The van der Waals surface area contributed by atoms with Crippen LogP contribution in [0.2, 0.25) is 0 Å². The molecule has 0 aromatic heterocycles. The van der Waals surface area contributed by atoms with E-state index in [0.717, 1.165) is 17.5 Å². The molecule has 0 bridgehead atoms. The zero-order valence-electron chi connectivity index (χ0n) is 8.40. The Bertz CT molecular complexity index is 299. The zero-order valence-corrected chi connectivity index (χ0v) is 8.40. The summed E-state index contributed by atoms with van der Waals surface area (Å²) in [5.74, 6) is 0.274. The SMILES string of the molecule is CCc1cccc([C@H](N)CCO)c1O. The highest BCUT2D eigenvalue weighted by Crippen LogP contribution is 2.28. The Balaban J connectivity index is 2.96. The summed E-state index contributed by atoms with van der Waals surface area (Å²) >= 11 is 0. The number of hydrogen-bond donors (Lipinski definition) is 3. The Kier molecular flexibility index (Phi) is 3.92. The van der Waals surface area contributed by atoms with Crippen molar-refractivity contribution < 1.29 is 10.2 Å². The van der Waals surface area contributed by atoms with Gasteiger partial charge in [-0.25, -0.2) is 0 Å². The minimum Gasteiger partial charge on any atom is -0.507 e. The Morgan fingerprint density at radius 2 is 2.14 bits per heavy atom. The molecule has 1 aromatic carbocycles. The number of rotatable bonds is 4. The largest absolute Gasteiger partial charge is 0.507 e. The topological polar surface area (TPSA) is 66.5 Å². The van der Waals surface area contributed by atoms with Gasteiger partial charge in [0.05, 0.1) is 0 Å². The maximum Gasteiger partial charge on any atom is 0.123 e. The lowest BCUT2D eigenvalue weighted by molar-refractivity contribution is 0.275. The van der Waals surface area contributed by atoms with E-state index in [1.807, 2.05) is 19.1 Å². The summed E-state index contributed by atoms with van der Waals surface area (Å²) in [6.45, 7) is 2.02. The summed E-state index contributed by atoms with van der Waals surface area (Å²) in [6.07, 6.45) is 1.26. The third kappa shape index (κ3) is 2.25. The molecule has 0 saturated heterocycles. The van der Waals surface area contributed by atoms with Crippen LogP contribution in [-0.2, 0) is 6.42 Å². The molecule has 0 aliphatic carbocycles. The highest BCUT2D eigenvalue weighted by molar-refractivity contribution is 5.42. The molecule has 0 amide bonds. The molecule has 4 N–H and O–H groups in total. The van der Waals surface area contributed by atoms with Gasteiger partial charge in [-0.1, -0.05) is 25.1 Å². The highest BCUT2D eigenvalue weighted by atomic mass is 16.3. The first kappa shape index (κ1) is 11.0. The fourth-order valence-electron chi connectivity index (χ4n) is 1.49. The lowest BCUT2D eigenvalue weighted by atomic mass is 9.99. The van der Waals surface area contributed by atoms with Crippen LogP contribution in [0.15, 0.2) is 18.2 Å². The third-order valence-corrected chi connectivity index (χ3v) is 2.37. The van der Waals surface area contributed by atoms with Crippen molar-refractivity contribution in [2.45, 2.75) is 25.8 Å². The number of aromatic hydroxyl groups is 1. The van der Waals surface area contributed by atoms with E-state index in [4.69, 9.17) is 10.8 Å². The first-order valence-electron chi connectivity index (χ1n) is 4.87. The zero-order chi connectivity index (χ0) is 10.6. The Morgan fingerprint density at radius 3 is 2.71 bits per heavy atom. The van der Waals surface area contributed by atoms with Crippen molar-refractivity contribution in [3.8, 4) is 5.75 Å². The van der Waals surface area contributed by atoms with E-state index in [1.54, 1.807) is 6.07 Å². The molecule has 3 nitrogen and oxygen atoms in total. The summed E-state index contributed by atoms with van der Waals surface area (Å²) in [6, 6.07) is 5.27. The monoisotopic (exact) mass is 195 g/mol. The first-order valence-corrected chi connectivity index (χ1v) is 4.87. The summed E-state index contributed by atoms with van der Waals surface area (Å²) in [7, 11) is 0. The second-order valence-electron chi connectivity index (χ2n) is 3.33. The molecule has 3 heteroatoms. The van der Waals surface area contributed by atoms with Crippen molar-refractivity contribution >= 4 is 0 Å². The molecule has 0 unspecified atom stereocenters. The number of phenolic OH excluding ortho intramolecular Hbond substituents is 1. The number of nitrogens with two attached hydrogens (primary N) is 1. The second kappa shape index (κ2) is 4.98. The van der Waals surface area contributed by atoms with Crippen LogP contribution in [0.5, 0.6) is 5.75 Å². The smallest absolute Gasteiger partial charge is 0.123 e. The fraction of sp³-hybridized carbons (Fsp3) is 0.455. The van der Waals surface area contributed by atoms with E-state index in [9.17, 15) is 5.11 Å². The van der Waals surface area contributed by atoms with E-state index in [2.05, 4.69) is 0 Å². The molecule has 1 rings (SSSR count). The lowest BCUT2D eigenvalue weighted by Crippen LogP contribution is -2.12. The lowest BCUT2D eigenvalue weighted by Gasteiger charge is -2.14. The highest BCUT2D eigenvalue weighted by Gasteiger charge is 2.12. The van der Waals surface area contributed by atoms with Gasteiger partial charge in [-0.2, -0.15) is 0 Å². The van der Waals surface area contributed by atoms with Crippen molar-refractivity contribution in [3.63, 3.8) is 0 Å². The van der Waals surface area contributed by atoms with Crippen molar-refractivity contribution in [3.05, 3.63) is 29.3 Å². The second-order valence-corrected chi connectivity index (χ2v) is 3.33.